The van der Waals surface area contributed by atoms with Crippen LogP contribution in [-0.4, -0.2) is 41.7 Å². The van der Waals surface area contributed by atoms with Gasteiger partial charge >= 0.3 is 5.97 Å². The van der Waals surface area contributed by atoms with E-state index in [0.717, 1.165) is 6.42 Å². The number of nitrogens with one attached hydrogen (secondary N) is 1. The van der Waals surface area contributed by atoms with Crippen molar-refractivity contribution in [1.29, 1.82) is 0 Å². The predicted octanol–water partition coefficient (Wildman–Crippen LogP) is 2.25. The predicted molar refractivity (Wildman–Crippen MR) is 107 cm³/mol. The highest BCUT2D eigenvalue weighted by atomic mass is 16.5. The number of carbonyl (C=O) groups is 4. The molecule has 30 heavy (non-hydrogen) atoms. The van der Waals surface area contributed by atoms with Crippen LogP contribution in [0.15, 0.2) is 36.4 Å². The first-order chi connectivity index (χ1) is 14.5. The number of likely N-dealkylation sites (tertiary alicyclic amines) is 1. The molecular formula is C23H24N2O5. The smallest absolute Gasteiger partial charge is 0.338 e. The standard InChI is InChI=1S/C23H24N2O5/c1-2-30-23(29)12-3-5-13(6-4-12)24-18(26)9-10-25-21(27)19-14-7-8-15(17-11-16(14)17)20(19)22(25)28/h3-8,14-17,19-20H,2,9-11H2,1H3,(H,24,26). The number of imide groups is 1. The second-order valence-corrected chi connectivity index (χ2v) is 8.58. The number of hydrogen-bond acceptors (Lipinski definition) is 5. The van der Waals surface area contributed by atoms with Crippen LogP contribution < -0.4 is 5.32 Å². The van der Waals surface area contributed by atoms with Gasteiger partial charge in [-0.05, 0) is 61.3 Å². The number of amides is 3. The van der Waals surface area contributed by atoms with Crippen molar-refractivity contribution in [3.05, 3.63) is 42.0 Å². The van der Waals surface area contributed by atoms with Crippen LogP contribution in [-0.2, 0) is 19.1 Å². The van der Waals surface area contributed by atoms with E-state index in [9.17, 15) is 19.2 Å². The van der Waals surface area contributed by atoms with Crippen molar-refractivity contribution < 1.29 is 23.9 Å². The lowest BCUT2D eigenvalue weighted by Crippen LogP contribution is -2.40. The average Bonchev–Trinajstić information content (AvgIpc) is 3.52. The van der Waals surface area contributed by atoms with Gasteiger partial charge in [0.1, 0.15) is 0 Å². The van der Waals surface area contributed by atoms with Gasteiger partial charge in [0.15, 0.2) is 0 Å². The third-order valence-corrected chi connectivity index (χ3v) is 7.00. The fourth-order valence-corrected chi connectivity index (χ4v) is 5.58. The highest BCUT2D eigenvalue weighted by Gasteiger charge is 2.66. The summed E-state index contributed by atoms with van der Waals surface area (Å²) in [4.78, 5) is 51.2. The summed E-state index contributed by atoms with van der Waals surface area (Å²) < 4.78 is 4.93. The number of benzene rings is 1. The molecule has 0 aromatic heterocycles. The van der Waals surface area contributed by atoms with Gasteiger partial charge in [0.25, 0.3) is 0 Å². The van der Waals surface area contributed by atoms with E-state index < -0.39 is 5.97 Å². The largest absolute Gasteiger partial charge is 0.462 e. The van der Waals surface area contributed by atoms with Crippen molar-refractivity contribution in [2.24, 2.45) is 35.5 Å². The van der Waals surface area contributed by atoms with E-state index in [0.29, 0.717) is 29.7 Å². The molecule has 5 aliphatic rings. The maximum Gasteiger partial charge on any atom is 0.338 e. The molecule has 1 aromatic rings. The minimum atomic E-state index is -0.413. The number of rotatable bonds is 6. The van der Waals surface area contributed by atoms with Gasteiger partial charge in [-0.25, -0.2) is 4.79 Å². The van der Waals surface area contributed by atoms with Crippen molar-refractivity contribution in [3.63, 3.8) is 0 Å². The third-order valence-electron chi connectivity index (χ3n) is 7.00. The Kier molecular flexibility index (Phi) is 4.49. The summed E-state index contributed by atoms with van der Waals surface area (Å²) in [6, 6.07) is 6.42. The van der Waals surface area contributed by atoms with E-state index in [1.807, 2.05) is 0 Å². The Hall–Kier alpha value is -2.96. The molecule has 2 saturated carbocycles. The van der Waals surface area contributed by atoms with Crippen LogP contribution in [0.5, 0.6) is 0 Å². The molecule has 6 rings (SSSR count). The van der Waals surface area contributed by atoms with Crippen molar-refractivity contribution in [1.82, 2.24) is 4.90 Å². The molecule has 6 atom stereocenters. The zero-order chi connectivity index (χ0) is 21.0. The Morgan fingerprint density at radius 2 is 1.63 bits per heavy atom. The zero-order valence-corrected chi connectivity index (χ0v) is 16.7. The molecule has 3 fully saturated rings. The summed E-state index contributed by atoms with van der Waals surface area (Å²) in [6.45, 7) is 2.14. The molecular weight excluding hydrogens is 384 g/mol. The van der Waals surface area contributed by atoms with Crippen LogP contribution in [0.3, 0.4) is 0 Å². The normalized spacial score (nSPS) is 32.6. The molecule has 4 aliphatic carbocycles. The maximum absolute atomic E-state index is 12.9. The molecule has 6 unspecified atom stereocenters. The molecule has 7 nitrogen and oxygen atoms in total. The van der Waals surface area contributed by atoms with E-state index in [2.05, 4.69) is 17.5 Å². The molecule has 2 bridgehead atoms. The Balaban J connectivity index is 1.18. The molecule has 3 amide bonds. The lowest BCUT2D eigenvalue weighted by Gasteiger charge is -2.37. The lowest BCUT2D eigenvalue weighted by molar-refractivity contribution is -0.140. The van der Waals surface area contributed by atoms with Crippen molar-refractivity contribution in [2.75, 3.05) is 18.5 Å². The quantitative estimate of drug-likeness (QED) is 0.443. The summed E-state index contributed by atoms with van der Waals surface area (Å²) in [7, 11) is 0. The van der Waals surface area contributed by atoms with Gasteiger partial charge < -0.3 is 10.1 Å². The summed E-state index contributed by atoms with van der Waals surface area (Å²) in [5.74, 6) is 0.156. The second-order valence-electron chi connectivity index (χ2n) is 8.58. The van der Waals surface area contributed by atoms with E-state index in [1.165, 1.54) is 4.90 Å². The van der Waals surface area contributed by atoms with Crippen molar-refractivity contribution >= 4 is 29.4 Å². The molecule has 0 radical (unpaired) electrons. The summed E-state index contributed by atoms with van der Waals surface area (Å²) in [5, 5.41) is 2.75. The topological polar surface area (TPSA) is 92.8 Å². The first kappa shape index (κ1) is 19.0. The molecule has 1 aromatic carbocycles. The Bertz CT molecular complexity index is 917. The Morgan fingerprint density at radius 3 is 2.20 bits per heavy atom. The second kappa shape index (κ2) is 7.07. The molecule has 1 saturated heterocycles. The Morgan fingerprint density at radius 1 is 1.03 bits per heavy atom. The summed E-state index contributed by atoms with van der Waals surface area (Å²) in [6.07, 6.45) is 5.46. The summed E-state index contributed by atoms with van der Waals surface area (Å²) in [5.41, 5.74) is 0.954. The van der Waals surface area contributed by atoms with Crippen LogP contribution in [0.1, 0.15) is 30.1 Å². The number of nitrogens with zero attached hydrogens (tertiary/aromatic N) is 1. The van der Waals surface area contributed by atoms with Crippen LogP contribution in [0.25, 0.3) is 0 Å². The number of anilines is 1. The molecule has 1 N–H and O–H groups in total. The van der Waals surface area contributed by atoms with E-state index in [-0.39, 0.29) is 54.4 Å². The first-order valence-corrected chi connectivity index (χ1v) is 10.6. The van der Waals surface area contributed by atoms with Crippen LogP contribution in [0.2, 0.25) is 0 Å². The van der Waals surface area contributed by atoms with Crippen LogP contribution >= 0.6 is 0 Å². The number of carbonyl (C=O) groups excluding carboxylic acids is 4. The Labute approximate surface area is 174 Å². The molecule has 0 spiro atoms. The van der Waals surface area contributed by atoms with E-state index in [4.69, 9.17) is 4.74 Å². The van der Waals surface area contributed by atoms with Gasteiger partial charge in [-0.2, -0.15) is 0 Å². The van der Waals surface area contributed by atoms with Gasteiger partial charge in [-0.3, -0.25) is 19.3 Å². The van der Waals surface area contributed by atoms with Crippen molar-refractivity contribution in [2.45, 2.75) is 19.8 Å². The highest BCUT2D eigenvalue weighted by Crippen LogP contribution is 2.65. The van der Waals surface area contributed by atoms with Gasteiger partial charge in [0.05, 0.1) is 24.0 Å². The van der Waals surface area contributed by atoms with Gasteiger partial charge in [-0.1, -0.05) is 12.2 Å². The molecule has 7 heteroatoms. The van der Waals surface area contributed by atoms with Gasteiger partial charge in [0, 0.05) is 18.7 Å². The first-order valence-electron chi connectivity index (χ1n) is 10.6. The van der Waals surface area contributed by atoms with E-state index in [1.54, 1.807) is 31.2 Å². The minimum Gasteiger partial charge on any atom is -0.462 e. The number of ether oxygens (including phenoxy) is 1. The maximum atomic E-state index is 12.9. The fraction of sp³-hybridized carbons (Fsp3) is 0.478. The van der Waals surface area contributed by atoms with Crippen LogP contribution in [0, 0.1) is 35.5 Å². The number of esters is 1. The van der Waals surface area contributed by atoms with Gasteiger partial charge in [0.2, 0.25) is 17.7 Å². The number of allylic oxidation sites excluding steroid dienone is 2. The third kappa shape index (κ3) is 2.95. The molecule has 1 heterocycles. The lowest BCUT2D eigenvalue weighted by atomic mass is 9.63. The highest BCUT2D eigenvalue weighted by molar-refractivity contribution is 6.06. The van der Waals surface area contributed by atoms with Crippen LogP contribution in [0.4, 0.5) is 5.69 Å². The van der Waals surface area contributed by atoms with Gasteiger partial charge in [-0.15, -0.1) is 0 Å². The summed E-state index contributed by atoms with van der Waals surface area (Å²) >= 11 is 0. The fourth-order valence-electron chi connectivity index (χ4n) is 5.58. The monoisotopic (exact) mass is 408 g/mol. The zero-order valence-electron chi connectivity index (χ0n) is 16.7. The number of hydrogen-bond donors (Lipinski definition) is 1. The SMILES string of the molecule is CCOC(=O)c1ccc(NC(=O)CCN2C(=O)C3C4C=CC(C5CC45)C3C2=O)cc1. The van der Waals surface area contributed by atoms with E-state index >= 15 is 0 Å². The molecule has 1 aliphatic heterocycles. The average molecular weight is 408 g/mol. The minimum absolute atomic E-state index is 0.0478. The van der Waals surface area contributed by atoms with Crippen molar-refractivity contribution in [3.8, 4) is 0 Å². The molecule has 156 valence electrons.